The van der Waals surface area contributed by atoms with Crippen molar-refractivity contribution in [2.24, 2.45) is 9.98 Å². The third-order valence-corrected chi connectivity index (χ3v) is 3.95. The summed E-state index contributed by atoms with van der Waals surface area (Å²) in [5.74, 6) is 0. The summed E-state index contributed by atoms with van der Waals surface area (Å²) < 4.78 is 0. The molecule has 0 aliphatic carbocycles. The minimum atomic E-state index is -1.50. The summed E-state index contributed by atoms with van der Waals surface area (Å²) in [5, 5.41) is 45.2. The molecule has 0 atom stereocenters. The van der Waals surface area contributed by atoms with Crippen molar-refractivity contribution < 1.29 is 25.1 Å². The highest BCUT2D eigenvalue weighted by atomic mass is 16.9. The first-order chi connectivity index (χ1) is 14.6. The summed E-state index contributed by atoms with van der Waals surface area (Å²) in [7, 11) is 0. The number of aliphatic imine (C=N–C) groups is 2. The van der Waals surface area contributed by atoms with Crippen molar-refractivity contribution in [2.45, 2.75) is 13.1 Å². The van der Waals surface area contributed by atoms with E-state index in [0.717, 1.165) is 11.1 Å². The molecule has 0 radical (unpaired) electrons. The van der Waals surface area contributed by atoms with Crippen LogP contribution in [0.25, 0.3) is 0 Å². The zero-order valence-corrected chi connectivity index (χ0v) is 15.4. The molecule has 15 heteroatoms. The normalized spacial score (nSPS) is 11.9. The fourth-order valence-corrected chi connectivity index (χ4v) is 2.64. The third-order valence-electron chi connectivity index (χ3n) is 3.95. The lowest BCUT2D eigenvalue weighted by Gasteiger charge is -1.98. The van der Waals surface area contributed by atoms with Crippen LogP contribution in [0.4, 0.5) is 17.1 Å². The maximum absolute atomic E-state index is 10.6. The topological polar surface area (TPSA) is 218 Å². The summed E-state index contributed by atoms with van der Waals surface area (Å²) in [6.07, 6.45) is 3.21. The van der Waals surface area contributed by atoms with Crippen molar-refractivity contribution in [3.63, 3.8) is 0 Å². The van der Waals surface area contributed by atoms with E-state index in [0.29, 0.717) is 24.2 Å². The van der Waals surface area contributed by atoms with Gasteiger partial charge in [0, 0.05) is 42.3 Å². The number of nitrogens with zero attached hydrogens (tertiary/aromatic N) is 6. The molecule has 2 aromatic rings. The Morgan fingerprint density at radius 1 is 0.710 bits per heavy atom. The van der Waals surface area contributed by atoms with Crippen LogP contribution in [-0.2, 0) is 13.1 Å². The minimum absolute atomic E-state index is 0.138. The molecule has 2 heterocycles. The van der Waals surface area contributed by atoms with Gasteiger partial charge in [0.2, 0.25) is 0 Å². The molecule has 2 aromatic carbocycles. The molecule has 2 aliphatic heterocycles. The Morgan fingerprint density at radius 2 is 1.19 bits per heavy atom. The van der Waals surface area contributed by atoms with E-state index >= 15 is 0 Å². The second-order valence-corrected chi connectivity index (χ2v) is 5.87. The molecule has 0 saturated carbocycles. The lowest BCUT2D eigenvalue weighted by Crippen LogP contribution is -1.99. The number of non-ortho nitro benzene ring substituents is 1. The second-order valence-electron chi connectivity index (χ2n) is 5.87. The van der Waals surface area contributed by atoms with Crippen LogP contribution in [-0.4, -0.2) is 37.5 Å². The van der Waals surface area contributed by atoms with E-state index < -0.39 is 31.2 Å². The van der Waals surface area contributed by atoms with Gasteiger partial charge in [0.25, 0.3) is 10.8 Å². The van der Waals surface area contributed by atoms with Gasteiger partial charge >= 0.3 is 11.4 Å². The van der Waals surface area contributed by atoms with Gasteiger partial charge in [-0.1, -0.05) is 0 Å². The van der Waals surface area contributed by atoms with E-state index in [-0.39, 0.29) is 5.69 Å². The number of hydrogen-bond acceptors (Lipinski definition) is 10. The van der Waals surface area contributed by atoms with E-state index in [9.17, 15) is 30.3 Å². The summed E-state index contributed by atoms with van der Waals surface area (Å²) in [6, 6.07) is 7.19. The number of hydrogen-bond donors (Lipinski definition) is 1. The SMILES string of the molecule is O=[N+]([O-])O.O=[N+]([O-])c1cc2c(cc1[N+](=O)[O-])CN=C2.O=[N+]([O-])c1ccc2c(c1)CN=C2. The van der Waals surface area contributed by atoms with E-state index in [1.165, 1.54) is 24.4 Å². The Balaban J connectivity index is 0.000000192. The van der Waals surface area contributed by atoms with Crippen molar-refractivity contribution in [1.82, 2.24) is 0 Å². The molecule has 0 saturated heterocycles. The van der Waals surface area contributed by atoms with Crippen LogP contribution in [0.5, 0.6) is 0 Å². The standard InChI is InChI=1S/C8H5N3O4.C8H6N2O2.HNO3/c12-10(13)7-1-5-3-9-4-6(5)2-8(7)11(14)15;11-10(12)8-2-1-6-4-9-5-7(6)3-8;2-1(3)4/h1-3H,4H2;1-4H,5H2;(H,2,3,4). The van der Waals surface area contributed by atoms with Crippen LogP contribution in [0.1, 0.15) is 22.3 Å². The predicted molar refractivity (Wildman–Crippen MR) is 104 cm³/mol. The summed E-state index contributed by atoms with van der Waals surface area (Å²) in [5.41, 5.74) is 2.31. The fourth-order valence-electron chi connectivity index (χ4n) is 2.64. The summed E-state index contributed by atoms with van der Waals surface area (Å²) >= 11 is 0. The Labute approximate surface area is 171 Å². The molecule has 160 valence electrons. The Bertz CT molecular complexity index is 1120. The molecule has 0 bridgehead atoms. The summed E-state index contributed by atoms with van der Waals surface area (Å²) in [6.45, 7) is 0.908. The molecule has 1 N–H and O–H groups in total. The number of fused-ring (bicyclic) bond motifs is 2. The van der Waals surface area contributed by atoms with Gasteiger partial charge in [0.15, 0.2) is 0 Å². The molecule has 0 spiro atoms. The lowest BCUT2D eigenvalue weighted by molar-refractivity contribution is -0.742. The summed E-state index contributed by atoms with van der Waals surface area (Å²) in [4.78, 5) is 45.9. The van der Waals surface area contributed by atoms with Gasteiger partial charge in [-0.25, -0.2) is 0 Å². The predicted octanol–water partition coefficient (Wildman–Crippen LogP) is 2.62. The molecule has 0 unspecified atom stereocenters. The number of rotatable bonds is 3. The van der Waals surface area contributed by atoms with E-state index in [1.54, 1.807) is 18.3 Å². The highest BCUT2D eigenvalue weighted by molar-refractivity contribution is 5.87. The largest absolute Gasteiger partial charge is 0.346 e. The number of benzene rings is 2. The quantitative estimate of drug-likeness (QED) is 0.555. The lowest BCUT2D eigenvalue weighted by atomic mass is 10.1. The van der Waals surface area contributed by atoms with Gasteiger partial charge in [-0.15, -0.1) is 10.1 Å². The monoisotopic (exact) mass is 432 g/mol. The molecular formula is C16H12N6O9. The Hall–Kier alpha value is -4.82. The number of nitro benzene ring substituents is 3. The third kappa shape index (κ3) is 5.83. The fraction of sp³-hybridized carbons (Fsp3) is 0.125. The zero-order chi connectivity index (χ0) is 23.1. The molecule has 0 aromatic heterocycles. The van der Waals surface area contributed by atoms with Crippen LogP contribution < -0.4 is 0 Å². The molecule has 15 nitrogen and oxygen atoms in total. The van der Waals surface area contributed by atoms with Crippen LogP contribution in [0, 0.1) is 40.5 Å². The van der Waals surface area contributed by atoms with Gasteiger partial charge in [0.1, 0.15) is 0 Å². The average molecular weight is 432 g/mol. The first-order valence-corrected chi connectivity index (χ1v) is 8.16. The van der Waals surface area contributed by atoms with Crippen LogP contribution in [0.15, 0.2) is 40.3 Å². The van der Waals surface area contributed by atoms with Gasteiger partial charge in [0.05, 0.1) is 27.9 Å². The van der Waals surface area contributed by atoms with Crippen LogP contribution >= 0.6 is 0 Å². The van der Waals surface area contributed by atoms with Crippen molar-refractivity contribution in [3.8, 4) is 0 Å². The molecule has 0 amide bonds. The molecule has 0 fully saturated rings. The van der Waals surface area contributed by atoms with Gasteiger partial charge in [-0.2, -0.15) is 0 Å². The van der Waals surface area contributed by atoms with E-state index in [2.05, 4.69) is 9.98 Å². The van der Waals surface area contributed by atoms with Crippen molar-refractivity contribution in [2.75, 3.05) is 0 Å². The molecule has 2 aliphatic rings. The van der Waals surface area contributed by atoms with Crippen LogP contribution in [0.3, 0.4) is 0 Å². The van der Waals surface area contributed by atoms with Crippen LogP contribution in [0.2, 0.25) is 0 Å². The maximum Gasteiger partial charge on any atom is 0.346 e. The maximum atomic E-state index is 10.6. The molecule has 4 rings (SSSR count). The number of nitro groups is 3. The van der Waals surface area contributed by atoms with Gasteiger partial charge < -0.3 is 5.21 Å². The smallest absolute Gasteiger partial charge is 0.328 e. The highest BCUT2D eigenvalue weighted by Crippen LogP contribution is 2.31. The van der Waals surface area contributed by atoms with E-state index in [4.69, 9.17) is 15.3 Å². The van der Waals surface area contributed by atoms with E-state index in [1.807, 2.05) is 0 Å². The molecule has 31 heavy (non-hydrogen) atoms. The highest BCUT2D eigenvalue weighted by Gasteiger charge is 2.27. The van der Waals surface area contributed by atoms with Gasteiger partial charge in [-0.05, 0) is 22.8 Å². The second kappa shape index (κ2) is 9.59. The first-order valence-electron chi connectivity index (χ1n) is 8.16. The van der Waals surface area contributed by atoms with Crippen molar-refractivity contribution >= 4 is 29.5 Å². The van der Waals surface area contributed by atoms with Crippen molar-refractivity contribution in [1.29, 1.82) is 0 Å². The van der Waals surface area contributed by atoms with Gasteiger partial charge in [-0.3, -0.25) is 40.3 Å². The average Bonchev–Trinajstić information content (AvgIpc) is 3.34. The Kier molecular flexibility index (Phi) is 6.95. The molecular weight excluding hydrogens is 420 g/mol. The first kappa shape index (κ1) is 22.5. The van der Waals surface area contributed by atoms with Crippen molar-refractivity contribution in [3.05, 3.63) is 93.0 Å². The minimum Gasteiger partial charge on any atom is -0.328 e. The zero-order valence-electron chi connectivity index (χ0n) is 15.4. The Morgan fingerprint density at radius 3 is 1.71 bits per heavy atom.